The van der Waals surface area contributed by atoms with Gasteiger partial charge in [0.25, 0.3) is 0 Å². The van der Waals surface area contributed by atoms with Gasteiger partial charge in [0.2, 0.25) is 0 Å². The molecule has 0 fully saturated rings. The van der Waals surface area contributed by atoms with Crippen LogP contribution in [0.25, 0.3) is 11.0 Å². The van der Waals surface area contributed by atoms with Crippen molar-refractivity contribution in [2.45, 2.75) is 45.4 Å². The van der Waals surface area contributed by atoms with Crippen molar-refractivity contribution in [1.29, 1.82) is 0 Å². The maximum atomic E-state index is 11.8. The second kappa shape index (κ2) is 8.18. The molecule has 0 aliphatic rings. The Morgan fingerprint density at radius 2 is 2.00 bits per heavy atom. The van der Waals surface area contributed by atoms with E-state index in [1.165, 1.54) is 32.0 Å². The van der Waals surface area contributed by atoms with Gasteiger partial charge in [-0.05, 0) is 6.42 Å². The Morgan fingerprint density at radius 3 is 2.86 bits per heavy atom. The SMILES string of the molecule is CCCCCCCCNC(=O)Nc1ncnc2[nH]ncc12. The molecule has 0 spiro atoms. The van der Waals surface area contributed by atoms with E-state index in [9.17, 15) is 4.79 Å². The first-order valence-corrected chi connectivity index (χ1v) is 7.50. The van der Waals surface area contributed by atoms with Crippen molar-refractivity contribution in [3.63, 3.8) is 0 Å². The standard InChI is InChI=1S/C14H22N6O/c1-2-3-4-5-6-7-8-15-14(21)19-12-11-9-18-20-13(11)17-10-16-12/h9-10H,2-8H2,1H3,(H3,15,16,17,18,19,20,21). The zero-order valence-electron chi connectivity index (χ0n) is 12.4. The minimum absolute atomic E-state index is 0.246. The van der Waals surface area contributed by atoms with E-state index in [2.05, 4.69) is 37.7 Å². The van der Waals surface area contributed by atoms with Crippen LogP contribution in [0.5, 0.6) is 0 Å². The molecule has 2 heterocycles. The van der Waals surface area contributed by atoms with Crippen molar-refractivity contribution in [3.05, 3.63) is 12.5 Å². The molecule has 0 saturated heterocycles. The lowest BCUT2D eigenvalue weighted by atomic mass is 10.1. The largest absolute Gasteiger partial charge is 0.338 e. The fraction of sp³-hybridized carbons (Fsp3) is 0.571. The predicted octanol–water partition coefficient (Wildman–Crippen LogP) is 2.83. The summed E-state index contributed by atoms with van der Waals surface area (Å²) >= 11 is 0. The Balaban J connectivity index is 1.69. The third-order valence-corrected chi connectivity index (χ3v) is 3.30. The quantitative estimate of drug-likeness (QED) is 0.651. The fourth-order valence-electron chi connectivity index (χ4n) is 2.12. The van der Waals surface area contributed by atoms with Gasteiger partial charge in [-0.1, -0.05) is 39.0 Å². The van der Waals surface area contributed by atoms with E-state index in [1.807, 2.05) is 0 Å². The number of unbranched alkanes of at least 4 members (excludes halogenated alkanes) is 5. The van der Waals surface area contributed by atoms with Crippen LogP contribution in [0.1, 0.15) is 45.4 Å². The molecule has 0 saturated carbocycles. The first-order chi connectivity index (χ1) is 10.3. The van der Waals surface area contributed by atoms with E-state index in [0.29, 0.717) is 23.4 Å². The normalized spacial score (nSPS) is 10.7. The summed E-state index contributed by atoms with van der Waals surface area (Å²) in [4.78, 5) is 19.9. The third-order valence-electron chi connectivity index (χ3n) is 3.30. The first-order valence-electron chi connectivity index (χ1n) is 7.50. The highest BCUT2D eigenvalue weighted by molar-refractivity contribution is 5.96. The minimum Gasteiger partial charge on any atom is -0.338 e. The molecule has 114 valence electrons. The number of nitrogens with zero attached hydrogens (tertiary/aromatic N) is 3. The Morgan fingerprint density at radius 1 is 1.19 bits per heavy atom. The number of carbonyl (C=O) groups excluding carboxylic acids is 1. The molecular weight excluding hydrogens is 268 g/mol. The van der Waals surface area contributed by atoms with Crippen LogP contribution in [-0.4, -0.2) is 32.7 Å². The van der Waals surface area contributed by atoms with Crippen molar-refractivity contribution < 1.29 is 4.79 Å². The molecule has 0 aliphatic carbocycles. The number of carbonyl (C=O) groups is 1. The van der Waals surface area contributed by atoms with Crippen LogP contribution in [0, 0.1) is 0 Å². The molecule has 0 aromatic carbocycles. The van der Waals surface area contributed by atoms with E-state index in [1.54, 1.807) is 6.20 Å². The van der Waals surface area contributed by atoms with Crippen LogP contribution in [0.4, 0.5) is 10.6 Å². The maximum Gasteiger partial charge on any atom is 0.320 e. The summed E-state index contributed by atoms with van der Waals surface area (Å²) < 4.78 is 0. The molecule has 21 heavy (non-hydrogen) atoms. The smallest absolute Gasteiger partial charge is 0.320 e. The Kier molecular flexibility index (Phi) is 5.93. The number of anilines is 1. The van der Waals surface area contributed by atoms with Gasteiger partial charge in [-0.15, -0.1) is 0 Å². The monoisotopic (exact) mass is 290 g/mol. The lowest BCUT2D eigenvalue weighted by molar-refractivity contribution is 0.252. The molecule has 2 amide bonds. The van der Waals surface area contributed by atoms with E-state index in [0.717, 1.165) is 12.8 Å². The van der Waals surface area contributed by atoms with Crippen LogP contribution in [0.15, 0.2) is 12.5 Å². The fourth-order valence-corrected chi connectivity index (χ4v) is 2.12. The van der Waals surface area contributed by atoms with Crippen LogP contribution >= 0.6 is 0 Å². The molecule has 0 unspecified atom stereocenters. The lowest BCUT2D eigenvalue weighted by Crippen LogP contribution is -2.29. The second-order valence-corrected chi connectivity index (χ2v) is 5.00. The molecule has 0 bridgehead atoms. The zero-order chi connectivity index (χ0) is 14.9. The van der Waals surface area contributed by atoms with E-state index < -0.39 is 0 Å². The van der Waals surface area contributed by atoms with E-state index in [4.69, 9.17) is 0 Å². The van der Waals surface area contributed by atoms with Crippen LogP contribution < -0.4 is 10.6 Å². The van der Waals surface area contributed by atoms with E-state index >= 15 is 0 Å². The van der Waals surface area contributed by atoms with Gasteiger partial charge in [0.1, 0.15) is 12.1 Å². The van der Waals surface area contributed by atoms with Crippen molar-refractivity contribution in [1.82, 2.24) is 25.5 Å². The number of aromatic nitrogens is 4. The molecule has 2 aromatic heterocycles. The Labute approximate surface area is 123 Å². The molecule has 7 nitrogen and oxygen atoms in total. The van der Waals surface area contributed by atoms with Crippen LogP contribution in [0.2, 0.25) is 0 Å². The molecule has 2 rings (SSSR count). The van der Waals surface area contributed by atoms with Crippen molar-refractivity contribution in [3.8, 4) is 0 Å². The average molecular weight is 290 g/mol. The number of rotatable bonds is 8. The topological polar surface area (TPSA) is 95.6 Å². The number of aromatic amines is 1. The van der Waals surface area contributed by atoms with Gasteiger partial charge in [0.05, 0.1) is 11.6 Å². The van der Waals surface area contributed by atoms with Crippen molar-refractivity contribution in [2.24, 2.45) is 0 Å². The Bertz CT molecular complexity index is 567. The number of amides is 2. The maximum absolute atomic E-state index is 11.8. The number of H-pyrrole nitrogens is 1. The minimum atomic E-state index is -0.246. The van der Waals surface area contributed by atoms with E-state index in [-0.39, 0.29) is 6.03 Å². The summed E-state index contributed by atoms with van der Waals surface area (Å²) in [6.07, 6.45) is 10.2. The number of urea groups is 1. The highest BCUT2D eigenvalue weighted by Crippen LogP contribution is 2.15. The van der Waals surface area contributed by atoms with Crippen LogP contribution in [0.3, 0.4) is 0 Å². The third kappa shape index (κ3) is 4.70. The highest BCUT2D eigenvalue weighted by atomic mass is 16.2. The van der Waals surface area contributed by atoms with Crippen molar-refractivity contribution in [2.75, 3.05) is 11.9 Å². The van der Waals surface area contributed by atoms with Gasteiger partial charge in [-0.3, -0.25) is 10.4 Å². The molecule has 3 N–H and O–H groups in total. The zero-order valence-corrected chi connectivity index (χ0v) is 12.4. The highest BCUT2D eigenvalue weighted by Gasteiger charge is 2.08. The second-order valence-electron chi connectivity index (χ2n) is 5.00. The number of fused-ring (bicyclic) bond motifs is 1. The lowest BCUT2D eigenvalue weighted by Gasteiger charge is -2.07. The molecule has 0 atom stereocenters. The molecular formula is C14H22N6O. The average Bonchev–Trinajstić information content (AvgIpc) is 2.96. The summed E-state index contributed by atoms with van der Waals surface area (Å²) in [7, 11) is 0. The van der Waals surface area contributed by atoms with Gasteiger partial charge in [0, 0.05) is 6.54 Å². The molecule has 7 heteroatoms. The summed E-state index contributed by atoms with van der Waals surface area (Å²) in [6.45, 7) is 2.88. The van der Waals surface area contributed by atoms with Gasteiger partial charge in [0.15, 0.2) is 5.65 Å². The molecule has 0 radical (unpaired) electrons. The van der Waals surface area contributed by atoms with Gasteiger partial charge < -0.3 is 5.32 Å². The van der Waals surface area contributed by atoms with Crippen LogP contribution in [-0.2, 0) is 0 Å². The predicted molar refractivity (Wildman–Crippen MR) is 82.1 cm³/mol. The molecule has 0 aliphatic heterocycles. The summed E-state index contributed by atoms with van der Waals surface area (Å²) in [5, 5.41) is 12.9. The van der Waals surface area contributed by atoms with Gasteiger partial charge >= 0.3 is 6.03 Å². The molecule has 2 aromatic rings. The number of nitrogens with one attached hydrogen (secondary N) is 3. The summed E-state index contributed by atoms with van der Waals surface area (Å²) in [5.74, 6) is 0.467. The van der Waals surface area contributed by atoms with Crippen molar-refractivity contribution >= 4 is 22.9 Å². The van der Waals surface area contributed by atoms with Gasteiger partial charge in [-0.25, -0.2) is 14.8 Å². The van der Waals surface area contributed by atoms with Gasteiger partial charge in [-0.2, -0.15) is 5.10 Å². The first kappa shape index (κ1) is 15.2. The summed E-state index contributed by atoms with van der Waals surface area (Å²) in [5.41, 5.74) is 0.608. The number of hydrogen-bond acceptors (Lipinski definition) is 4. The summed E-state index contributed by atoms with van der Waals surface area (Å²) in [6, 6.07) is -0.246. The Hall–Kier alpha value is -2.18. The number of hydrogen-bond donors (Lipinski definition) is 3.